The zero-order valence-electron chi connectivity index (χ0n) is 14.3. The molecule has 0 atom stereocenters. The van der Waals surface area contributed by atoms with E-state index in [-0.39, 0.29) is 24.0 Å². The molecule has 0 unspecified atom stereocenters. The molecule has 0 fully saturated rings. The molecule has 0 N–H and O–H groups in total. The van der Waals surface area contributed by atoms with Crippen LogP contribution < -0.4 is 33.4 Å². The Bertz CT molecular complexity index is 924. The Morgan fingerprint density at radius 1 is 1.00 bits per heavy atom. The predicted octanol–water partition coefficient (Wildman–Crippen LogP) is 2.55. The quantitative estimate of drug-likeness (QED) is 0.410. The van der Waals surface area contributed by atoms with E-state index >= 15 is 0 Å². The third-order valence-electron chi connectivity index (χ3n) is 4.22. The first-order valence-electron chi connectivity index (χ1n) is 8.28. The molecule has 0 radical (unpaired) electrons. The van der Waals surface area contributed by atoms with Crippen molar-refractivity contribution in [2.45, 2.75) is 11.8 Å². The lowest BCUT2D eigenvalue weighted by atomic mass is 10.2. The SMILES string of the molecule is CCN1C(=Cc2cc[n+](-c3ccc(Cl)cc3)cc2)Sc2ccccc21.[I-]. The molecule has 2 heterocycles. The summed E-state index contributed by atoms with van der Waals surface area (Å²) in [6.07, 6.45) is 6.41. The van der Waals surface area contributed by atoms with Gasteiger partial charge >= 0.3 is 0 Å². The molecular formula is C21H18ClIN2S. The van der Waals surface area contributed by atoms with E-state index in [4.69, 9.17) is 11.6 Å². The molecule has 0 spiro atoms. The molecule has 1 aromatic heterocycles. The predicted molar refractivity (Wildman–Crippen MR) is 106 cm³/mol. The normalized spacial score (nSPS) is 14.2. The molecule has 4 rings (SSSR count). The molecule has 3 aromatic rings. The zero-order chi connectivity index (χ0) is 17.2. The van der Waals surface area contributed by atoms with Crippen LogP contribution in [0.5, 0.6) is 0 Å². The topological polar surface area (TPSA) is 7.12 Å². The molecule has 0 saturated heterocycles. The van der Waals surface area contributed by atoms with Gasteiger partial charge in [-0.3, -0.25) is 0 Å². The first-order valence-corrected chi connectivity index (χ1v) is 9.47. The second-order valence-corrected chi connectivity index (χ2v) is 7.31. The number of fused-ring (bicyclic) bond motifs is 1. The van der Waals surface area contributed by atoms with Gasteiger partial charge in [0.05, 0.1) is 10.7 Å². The monoisotopic (exact) mass is 492 g/mol. The van der Waals surface area contributed by atoms with Crippen molar-refractivity contribution in [2.24, 2.45) is 0 Å². The van der Waals surface area contributed by atoms with E-state index in [0.29, 0.717) is 0 Å². The Kier molecular flexibility index (Phi) is 6.27. The summed E-state index contributed by atoms with van der Waals surface area (Å²) in [7, 11) is 0. The van der Waals surface area contributed by atoms with Crippen LogP contribution in [0.3, 0.4) is 0 Å². The van der Waals surface area contributed by atoms with E-state index in [2.05, 4.69) is 71.3 Å². The lowest BCUT2D eigenvalue weighted by Crippen LogP contribution is -3.00. The lowest BCUT2D eigenvalue weighted by Gasteiger charge is -2.17. The number of anilines is 1. The maximum atomic E-state index is 5.96. The third kappa shape index (κ3) is 3.92. The van der Waals surface area contributed by atoms with Gasteiger partial charge in [-0.1, -0.05) is 35.5 Å². The fourth-order valence-corrected chi connectivity index (χ4v) is 4.26. The van der Waals surface area contributed by atoms with Crippen molar-refractivity contribution in [3.63, 3.8) is 0 Å². The van der Waals surface area contributed by atoms with Crippen molar-refractivity contribution >= 4 is 35.1 Å². The van der Waals surface area contributed by atoms with Gasteiger partial charge in [0.2, 0.25) is 5.69 Å². The van der Waals surface area contributed by atoms with Crippen molar-refractivity contribution in [3.05, 3.63) is 88.7 Å². The Morgan fingerprint density at radius 2 is 1.69 bits per heavy atom. The van der Waals surface area contributed by atoms with Gasteiger partial charge < -0.3 is 28.9 Å². The molecule has 0 bridgehead atoms. The van der Waals surface area contributed by atoms with Crippen molar-refractivity contribution in [3.8, 4) is 5.69 Å². The molecule has 26 heavy (non-hydrogen) atoms. The van der Waals surface area contributed by atoms with Gasteiger partial charge in [0.25, 0.3) is 0 Å². The number of pyridine rings is 1. The fourth-order valence-electron chi connectivity index (χ4n) is 2.95. The molecular weight excluding hydrogens is 475 g/mol. The van der Waals surface area contributed by atoms with E-state index in [1.807, 2.05) is 36.0 Å². The summed E-state index contributed by atoms with van der Waals surface area (Å²) in [4.78, 5) is 3.68. The number of aromatic nitrogens is 1. The standard InChI is InChI=1S/C21H18ClN2S.HI/c1-2-24-19-5-3-4-6-20(19)25-21(24)15-16-11-13-23(14-12-16)18-9-7-17(22)8-10-18;/h3-15H,2H2,1H3;1H/q+1;/p-1. The summed E-state index contributed by atoms with van der Waals surface area (Å²) in [5, 5.41) is 2.02. The number of para-hydroxylation sites is 1. The highest BCUT2D eigenvalue weighted by Crippen LogP contribution is 2.46. The smallest absolute Gasteiger partial charge is 0.210 e. The zero-order valence-corrected chi connectivity index (χ0v) is 18.0. The summed E-state index contributed by atoms with van der Waals surface area (Å²) in [5.41, 5.74) is 3.59. The second-order valence-electron chi connectivity index (χ2n) is 5.81. The number of halogens is 2. The largest absolute Gasteiger partial charge is 1.00 e. The number of thioether (sulfide) groups is 1. The van der Waals surface area contributed by atoms with Gasteiger partial charge in [-0.25, -0.2) is 0 Å². The molecule has 2 nitrogen and oxygen atoms in total. The van der Waals surface area contributed by atoms with Crippen LogP contribution >= 0.6 is 23.4 Å². The van der Waals surface area contributed by atoms with Gasteiger partial charge in [0.15, 0.2) is 12.4 Å². The Morgan fingerprint density at radius 3 is 2.38 bits per heavy atom. The summed E-state index contributed by atoms with van der Waals surface area (Å²) in [6, 6.07) is 20.7. The average molecular weight is 493 g/mol. The molecule has 1 aliphatic rings. The van der Waals surface area contributed by atoms with Gasteiger partial charge in [0, 0.05) is 40.7 Å². The first kappa shape index (κ1) is 19.3. The number of nitrogens with zero attached hydrogens (tertiary/aromatic N) is 2. The van der Waals surface area contributed by atoms with Gasteiger partial charge in [-0.2, -0.15) is 4.57 Å². The third-order valence-corrected chi connectivity index (χ3v) is 5.59. The van der Waals surface area contributed by atoms with Gasteiger partial charge in [-0.15, -0.1) is 0 Å². The van der Waals surface area contributed by atoms with Crippen LogP contribution in [-0.2, 0) is 0 Å². The fraction of sp³-hybridized carbons (Fsp3) is 0.0952. The summed E-state index contributed by atoms with van der Waals surface area (Å²) < 4.78 is 2.09. The molecule has 5 heteroatoms. The second kappa shape index (κ2) is 8.46. The average Bonchev–Trinajstić information content (AvgIpc) is 3.00. The van der Waals surface area contributed by atoms with E-state index in [0.717, 1.165) is 17.3 Å². The molecule has 2 aromatic carbocycles. The number of hydrogen-bond donors (Lipinski definition) is 0. The maximum Gasteiger partial charge on any atom is 0.210 e. The highest BCUT2D eigenvalue weighted by molar-refractivity contribution is 8.03. The Labute approximate surface area is 180 Å². The van der Waals surface area contributed by atoms with Crippen LogP contribution in [0.15, 0.2) is 83.0 Å². The first-order chi connectivity index (χ1) is 12.2. The number of rotatable bonds is 3. The summed E-state index contributed by atoms with van der Waals surface area (Å²) in [5.74, 6) is 0. The van der Waals surface area contributed by atoms with Gasteiger partial charge in [0.1, 0.15) is 0 Å². The van der Waals surface area contributed by atoms with Crippen molar-refractivity contribution in [1.29, 1.82) is 0 Å². The highest BCUT2D eigenvalue weighted by atomic mass is 127. The van der Waals surface area contributed by atoms with E-state index in [1.54, 1.807) is 0 Å². The Balaban J connectivity index is 0.00000196. The van der Waals surface area contributed by atoms with Crippen LogP contribution in [0.1, 0.15) is 12.5 Å². The molecule has 0 aliphatic carbocycles. The van der Waals surface area contributed by atoms with Gasteiger partial charge in [-0.05, 0) is 42.8 Å². The van der Waals surface area contributed by atoms with Crippen LogP contribution in [-0.4, -0.2) is 6.54 Å². The van der Waals surface area contributed by atoms with Crippen molar-refractivity contribution in [2.75, 3.05) is 11.4 Å². The minimum Gasteiger partial charge on any atom is -1.00 e. The van der Waals surface area contributed by atoms with Crippen LogP contribution in [0.25, 0.3) is 11.8 Å². The summed E-state index contributed by atoms with van der Waals surface area (Å²) in [6.45, 7) is 3.16. The lowest BCUT2D eigenvalue weighted by molar-refractivity contribution is -0.595. The van der Waals surface area contributed by atoms with Crippen LogP contribution in [0, 0.1) is 0 Å². The minimum atomic E-state index is 0. The van der Waals surface area contributed by atoms with Crippen molar-refractivity contribution in [1.82, 2.24) is 0 Å². The minimum absolute atomic E-state index is 0. The summed E-state index contributed by atoms with van der Waals surface area (Å²) >= 11 is 7.79. The van der Waals surface area contributed by atoms with Crippen LogP contribution in [0.4, 0.5) is 5.69 Å². The number of benzene rings is 2. The van der Waals surface area contributed by atoms with Crippen molar-refractivity contribution < 1.29 is 28.5 Å². The highest BCUT2D eigenvalue weighted by Gasteiger charge is 2.23. The van der Waals surface area contributed by atoms with E-state index in [9.17, 15) is 0 Å². The van der Waals surface area contributed by atoms with E-state index in [1.165, 1.54) is 21.2 Å². The molecule has 1 aliphatic heterocycles. The number of hydrogen-bond acceptors (Lipinski definition) is 2. The molecule has 132 valence electrons. The van der Waals surface area contributed by atoms with Crippen LogP contribution in [0.2, 0.25) is 5.02 Å². The molecule has 0 saturated carbocycles. The molecule has 0 amide bonds. The van der Waals surface area contributed by atoms with E-state index < -0.39 is 0 Å². The maximum absolute atomic E-state index is 5.96. The Hall–Kier alpha value is -1.50.